The van der Waals surface area contributed by atoms with Crippen molar-refractivity contribution in [2.24, 2.45) is 7.05 Å². The molecule has 3 heterocycles. The number of benzene rings is 1. The van der Waals surface area contributed by atoms with Crippen LogP contribution in [0.5, 0.6) is 5.88 Å². The maximum atomic E-state index is 14.2. The van der Waals surface area contributed by atoms with Crippen LogP contribution >= 0.6 is 0 Å². The van der Waals surface area contributed by atoms with E-state index in [2.05, 4.69) is 30.9 Å². The normalized spacial score (nSPS) is 11.1. The molecule has 0 atom stereocenters. The van der Waals surface area contributed by atoms with E-state index in [9.17, 15) is 9.18 Å². The monoisotopic (exact) mass is 410 g/mol. The first-order chi connectivity index (χ1) is 14.3. The van der Waals surface area contributed by atoms with Crippen LogP contribution in [0.25, 0.3) is 16.7 Å². The van der Waals surface area contributed by atoms with E-state index in [4.69, 9.17) is 4.74 Å². The molecule has 0 saturated carbocycles. The molecule has 0 radical (unpaired) electrons. The van der Waals surface area contributed by atoms with E-state index >= 15 is 0 Å². The van der Waals surface area contributed by atoms with Gasteiger partial charge in [0.1, 0.15) is 11.5 Å². The number of halogens is 1. The van der Waals surface area contributed by atoms with Crippen LogP contribution in [0, 0.1) is 26.6 Å². The lowest BCUT2D eigenvalue weighted by molar-refractivity contribution is -0.118. The van der Waals surface area contributed by atoms with E-state index in [1.165, 1.54) is 22.9 Å². The average Bonchev–Trinajstić information content (AvgIpc) is 3.25. The summed E-state index contributed by atoms with van der Waals surface area (Å²) in [5, 5.41) is 18.8. The summed E-state index contributed by atoms with van der Waals surface area (Å²) in [5.41, 5.74) is 3.03. The van der Waals surface area contributed by atoms with Gasteiger partial charge in [-0.15, -0.1) is 10.2 Å². The highest BCUT2D eigenvalue weighted by Gasteiger charge is 2.16. The lowest BCUT2D eigenvalue weighted by atomic mass is 10.2. The van der Waals surface area contributed by atoms with Crippen molar-refractivity contribution < 1.29 is 13.9 Å². The van der Waals surface area contributed by atoms with Gasteiger partial charge in [0.25, 0.3) is 5.91 Å². The minimum Gasteiger partial charge on any atom is -0.466 e. The third-order valence-electron chi connectivity index (χ3n) is 4.51. The van der Waals surface area contributed by atoms with Gasteiger partial charge in [0.15, 0.2) is 18.1 Å². The van der Waals surface area contributed by atoms with Crippen molar-refractivity contribution in [2.45, 2.75) is 20.8 Å². The van der Waals surface area contributed by atoms with Gasteiger partial charge in [0.05, 0.1) is 5.39 Å². The molecule has 4 rings (SSSR count). The number of aryl methyl sites for hydroxylation is 4. The lowest BCUT2D eigenvalue weighted by Crippen LogP contribution is -2.20. The third kappa shape index (κ3) is 3.56. The van der Waals surface area contributed by atoms with E-state index in [0.717, 1.165) is 16.6 Å². The van der Waals surface area contributed by atoms with Crippen molar-refractivity contribution in [2.75, 3.05) is 11.9 Å². The zero-order valence-corrected chi connectivity index (χ0v) is 16.8. The minimum absolute atomic E-state index is 0.129. The molecule has 1 aromatic carbocycles. The summed E-state index contributed by atoms with van der Waals surface area (Å²) < 4.78 is 22.7. The van der Waals surface area contributed by atoms with E-state index in [-0.39, 0.29) is 12.3 Å². The number of anilines is 1. The number of hydrogen-bond acceptors (Lipinski definition) is 7. The molecule has 4 aromatic rings. The molecule has 0 fully saturated rings. The Morgan fingerprint density at radius 3 is 2.77 bits per heavy atom. The number of amides is 1. The number of hydrogen-bond donors (Lipinski definition) is 1. The second-order valence-electron chi connectivity index (χ2n) is 6.85. The summed E-state index contributed by atoms with van der Waals surface area (Å²) in [6.07, 6.45) is 0. The molecule has 10 nitrogen and oxygen atoms in total. The number of ether oxygens (including phenoxy) is 1. The Balaban J connectivity index is 1.50. The molecule has 0 aliphatic heterocycles. The minimum atomic E-state index is -0.516. The van der Waals surface area contributed by atoms with Gasteiger partial charge in [0.2, 0.25) is 5.88 Å². The van der Waals surface area contributed by atoms with Crippen molar-refractivity contribution in [3.05, 3.63) is 47.2 Å². The van der Waals surface area contributed by atoms with Gasteiger partial charge in [-0.05, 0) is 61.0 Å². The Morgan fingerprint density at radius 1 is 1.23 bits per heavy atom. The number of fused-ring (bicyclic) bond motifs is 1. The van der Waals surface area contributed by atoms with E-state index in [1.54, 1.807) is 18.7 Å². The number of rotatable bonds is 5. The Hall–Kier alpha value is -3.89. The number of aromatic nitrogens is 7. The SMILES string of the molecule is Cc1cc(C)c2c(OCC(=O)Nc3ccc(F)c(-n4nnnc4C)c3)nn(C)c2n1. The summed E-state index contributed by atoms with van der Waals surface area (Å²) in [6, 6.07) is 6.06. The van der Waals surface area contributed by atoms with Crippen LogP contribution in [0.2, 0.25) is 0 Å². The highest BCUT2D eigenvalue weighted by molar-refractivity contribution is 5.92. The maximum Gasteiger partial charge on any atom is 0.262 e. The molecule has 0 aliphatic carbocycles. The maximum absolute atomic E-state index is 14.2. The Bertz CT molecular complexity index is 1260. The quantitative estimate of drug-likeness (QED) is 0.536. The molecule has 30 heavy (non-hydrogen) atoms. The predicted molar refractivity (Wildman–Crippen MR) is 106 cm³/mol. The fraction of sp³-hybridized carbons (Fsp3) is 0.263. The van der Waals surface area contributed by atoms with Gasteiger partial charge in [-0.2, -0.15) is 4.68 Å². The van der Waals surface area contributed by atoms with E-state index < -0.39 is 11.7 Å². The molecule has 11 heteroatoms. The summed E-state index contributed by atoms with van der Waals surface area (Å²) in [7, 11) is 1.77. The predicted octanol–water partition coefficient (Wildman–Crippen LogP) is 2.03. The van der Waals surface area contributed by atoms with Crippen molar-refractivity contribution in [1.29, 1.82) is 0 Å². The van der Waals surface area contributed by atoms with Gasteiger partial charge < -0.3 is 10.1 Å². The zero-order chi connectivity index (χ0) is 21.4. The summed E-state index contributed by atoms with van der Waals surface area (Å²) in [4.78, 5) is 16.9. The molecular formula is C19H19FN8O2. The molecule has 0 aliphatic rings. The average molecular weight is 410 g/mol. The van der Waals surface area contributed by atoms with Crippen molar-refractivity contribution in [3.8, 4) is 11.6 Å². The van der Waals surface area contributed by atoms with E-state index in [1.807, 2.05) is 19.9 Å². The third-order valence-corrected chi connectivity index (χ3v) is 4.51. The van der Waals surface area contributed by atoms with Crippen molar-refractivity contribution in [3.63, 3.8) is 0 Å². The molecule has 154 valence electrons. The highest BCUT2D eigenvalue weighted by atomic mass is 19.1. The number of tetrazole rings is 1. The first-order valence-corrected chi connectivity index (χ1v) is 9.12. The molecule has 3 aromatic heterocycles. The summed E-state index contributed by atoms with van der Waals surface area (Å²) in [5.74, 6) is -0.186. The summed E-state index contributed by atoms with van der Waals surface area (Å²) >= 11 is 0. The first kappa shape index (κ1) is 19.4. The van der Waals surface area contributed by atoms with Crippen LogP contribution in [0.3, 0.4) is 0 Å². The van der Waals surface area contributed by atoms with Crippen LogP contribution in [-0.4, -0.2) is 47.5 Å². The molecular weight excluding hydrogens is 391 g/mol. The van der Waals surface area contributed by atoms with Gasteiger partial charge in [-0.3, -0.25) is 4.79 Å². The standard InChI is InChI=1S/C19H19FN8O2/c1-10-7-11(2)21-18-17(10)19(24-27(18)4)30-9-16(29)22-13-5-6-14(20)15(8-13)28-12(3)23-25-26-28/h5-8H,9H2,1-4H3,(H,22,29). The molecule has 1 N–H and O–H groups in total. The highest BCUT2D eigenvalue weighted by Crippen LogP contribution is 2.27. The number of carbonyl (C=O) groups excluding carboxylic acids is 1. The van der Waals surface area contributed by atoms with Crippen LogP contribution < -0.4 is 10.1 Å². The Morgan fingerprint density at radius 2 is 2.03 bits per heavy atom. The van der Waals surface area contributed by atoms with Crippen LogP contribution in [0.4, 0.5) is 10.1 Å². The number of pyridine rings is 1. The van der Waals surface area contributed by atoms with Gasteiger partial charge in [0, 0.05) is 18.4 Å². The second-order valence-corrected chi connectivity index (χ2v) is 6.85. The number of nitrogens with one attached hydrogen (secondary N) is 1. The van der Waals surface area contributed by atoms with Gasteiger partial charge in [-0.25, -0.2) is 14.1 Å². The lowest BCUT2D eigenvalue weighted by Gasteiger charge is -2.09. The number of carbonyl (C=O) groups is 1. The Kier molecular flexibility index (Phi) is 4.86. The molecule has 0 bridgehead atoms. The molecule has 0 unspecified atom stereocenters. The van der Waals surface area contributed by atoms with Crippen molar-refractivity contribution >= 4 is 22.6 Å². The van der Waals surface area contributed by atoms with E-state index in [0.29, 0.717) is 23.0 Å². The second kappa shape index (κ2) is 7.50. The van der Waals surface area contributed by atoms with Crippen molar-refractivity contribution in [1.82, 2.24) is 35.0 Å². The smallest absolute Gasteiger partial charge is 0.262 e. The topological polar surface area (TPSA) is 113 Å². The number of nitrogens with zero attached hydrogens (tertiary/aromatic N) is 7. The Labute approximate surface area is 170 Å². The fourth-order valence-electron chi connectivity index (χ4n) is 3.19. The van der Waals surface area contributed by atoms with Gasteiger partial charge in [-0.1, -0.05) is 0 Å². The molecule has 0 spiro atoms. The summed E-state index contributed by atoms with van der Waals surface area (Å²) in [6.45, 7) is 5.22. The molecule has 1 amide bonds. The molecule has 0 saturated heterocycles. The largest absolute Gasteiger partial charge is 0.466 e. The van der Waals surface area contributed by atoms with Crippen LogP contribution in [0.15, 0.2) is 24.3 Å². The van der Waals surface area contributed by atoms with Gasteiger partial charge >= 0.3 is 0 Å². The fourth-order valence-corrected chi connectivity index (χ4v) is 3.19. The van der Waals surface area contributed by atoms with Crippen LogP contribution in [0.1, 0.15) is 17.1 Å². The van der Waals surface area contributed by atoms with Crippen LogP contribution in [-0.2, 0) is 11.8 Å². The first-order valence-electron chi connectivity index (χ1n) is 9.12. The zero-order valence-electron chi connectivity index (χ0n) is 16.8.